The second-order valence-corrected chi connectivity index (χ2v) is 6.69. The molecule has 0 heterocycles. The Morgan fingerprint density at radius 2 is 1.83 bits per heavy atom. The molecule has 0 aromatic rings. The molecule has 7 nitrogen and oxygen atoms in total. The summed E-state index contributed by atoms with van der Waals surface area (Å²) in [6.45, 7) is 5.07. The van der Waals surface area contributed by atoms with Gasteiger partial charge < -0.3 is 9.84 Å². The van der Waals surface area contributed by atoms with Gasteiger partial charge in [-0.15, -0.1) is 0 Å². The van der Waals surface area contributed by atoms with Crippen LogP contribution in [0.25, 0.3) is 0 Å². The van der Waals surface area contributed by atoms with Gasteiger partial charge >= 0.3 is 11.9 Å². The number of aliphatic carboxylic acids is 1. The molecule has 0 aliphatic heterocycles. The van der Waals surface area contributed by atoms with E-state index in [0.717, 1.165) is 6.26 Å². The maximum absolute atomic E-state index is 11.4. The summed E-state index contributed by atoms with van der Waals surface area (Å²) in [6, 6.07) is -1.33. The number of esters is 1. The first-order valence-corrected chi connectivity index (χ1v) is 7.22. The Morgan fingerprint density at radius 1 is 1.33 bits per heavy atom. The Hall–Kier alpha value is -1.15. The molecule has 0 radical (unpaired) electrons. The molecule has 0 unspecified atom stereocenters. The zero-order valence-corrected chi connectivity index (χ0v) is 11.7. The Morgan fingerprint density at radius 3 is 2.17 bits per heavy atom. The van der Waals surface area contributed by atoms with E-state index in [-0.39, 0.29) is 12.8 Å². The quantitative estimate of drug-likeness (QED) is 0.669. The number of sulfonamides is 1. The van der Waals surface area contributed by atoms with E-state index < -0.39 is 33.6 Å². The highest BCUT2D eigenvalue weighted by molar-refractivity contribution is 7.88. The smallest absolute Gasteiger partial charge is 0.321 e. The van der Waals surface area contributed by atoms with Crippen LogP contribution in [0.3, 0.4) is 0 Å². The maximum Gasteiger partial charge on any atom is 0.321 e. The van der Waals surface area contributed by atoms with Crippen LogP contribution >= 0.6 is 0 Å². The van der Waals surface area contributed by atoms with Crippen LogP contribution in [0.1, 0.15) is 33.6 Å². The summed E-state index contributed by atoms with van der Waals surface area (Å²) in [7, 11) is -3.63. The molecule has 0 fully saturated rings. The summed E-state index contributed by atoms with van der Waals surface area (Å²) >= 11 is 0. The van der Waals surface area contributed by atoms with E-state index in [4.69, 9.17) is 9.84 Å². The average Bonchev–Trinajstić information content (AvgIpc) is 2.06. The van der Waals surface area contributed by atoms with E-state index >= 15 is 0 Å². The van der Waals surface area contributed by atoms with E-state index in [1.54, 1.807) is 20.8 Å². The number of carboxylic acids is 1. The number of carboxylic acid groups (broad SMARTS) is 1. The third-order valence-electron chi connectivity index (χ3n) is 1.71. The van der Waals surface area contributed by atoms with Crippen molar-refractivity contribution in [3.05, 3.63) is 0 Å². The molecule has 2 N–H and O–H groups in total. The lowest BCUT2D eigenvalue weighted by molar-refractivity contribution is -0.155. The van der Waals surface area contributed by atoms with Crippen LogP contribution in [-0.4, -0.2) is 43.4 Å². The van der Waals surface area contributed by atoms with Gasteiger partial charge in [0.1, 0.15) is 11.6 Å². The molecule has 1 atom stereocenters. The highest BCUT2D eigenvalue weighted by Gasteiger charge is 2.24. The van der Waals surface area contributed by atoms with Gasteiger partial charge in [-0.3, -0.25) is 9.59 Å². The topological polar surface area (TPSA) is 110 Å². The fourth-order valence-corrected chi connectivity index (χ4v) is 1.88. The van der Waals surface area contributed by atoms with Gasteiger partial charge in [-0.05, 0) is 27.2 Å². The van der Waals surface area contributed by atoms with E-state index in [0.29, 0.717) is 0 Å². The molecule has 0 saturated carbocycles. The van der Waals surface area contributed by atoms with Crippen molar-refractivity contribution in [2.24, 2.45) is 0 Å². The molecule has 0 saturated heterocycles. The third-order valence-corrected chi connectivity index (χ3v) is 2.42. The SMILES string of the molecule is CC(C)(C)OC(=O)CC[C@H](NS(C)(=O)=O)C(=O)O. The molecule has 0 aromatic carbocycles. The van der Waals surface area contributed by atoms with Gasteiger partial charge in [0.05, 0.1) is 6.26 Å². The molecular weight excluding hydrogens is 262 g/mol. The van der Waals surface area contributed by atoms with Crippen LogP contribution in [0.2, 0.25) is 0 Å². The molecule has 0 aliphatic carbocycles. The number of carbonyl (C=O) groups excluding carboxylic acids is 1. The number of ether oxygens (including phenoxy) is 1. The maximum atomic E-state index is 11.4. The van der Waals surface area contributed by atoms with Gasteiger partial charge in [-0.1, -0.05) is 0 Å². The fourth-order valence-electron chi connectivity index (χ4n) is 1.15. The van der Waals surface area contributed by atoms with Crippen molar-refractivity contribution in [3.8, 4) is 0 Å². The van der Waals surface area contributed by atoms with Crippen LogP contribution in [-0.2, 0) is 24.3 Å². The minimum absolute atomic E-state index is 0.155. The third kappa shape index (κ3) is 8.94. The van der Waals surface area contributed by atoms with Gasteiger partial charge in [-0.2, -0.15) is 0 Å². The first-order chi connectivity index (χ1) is 7.91. The monoisotopic (exact) mass is 281 g/mol. The lowest BCUT2D eigenvalue weighted by Crippen LogP contribution is -2.40. The summed E-state index contributed by atoms with van der Waals surface area (Å²) in [6.07, 6.45) is 0.532. The molecule has 0 amide bonds. The first-order valence-electron chi connectivity index (χ1n) is 5.32. The Bertz CT molecular complexity index is 409. The van der Waals surface area contributed by atoms with Gasteiger partial charge in [0.15, 0.2) is 0 Å². The molecular formula is C10H19NO6S. The molecule has 106 valence electrons. The van der Waals surface area contributed by atoms with Crippen molar-refractivity contribution >= 4 is 22.0 Å². The number of rotatable bonds is 6. The van der Waals surface area contributed by atoms with Crippen LogP contribution in [0, 0.1) is 0 Å². The van der Waals surface area contributed by atoms with Crippen LogP contribution < -0.4 is 4.72 Å². The number of hydrogen-bond donors (Lipinski definition) is 2. The highest BCUT2D eigenvalue weighted by Crippen LogP contribution is 2.10. The average molecular weight is 281 g/mol. The lowest BCUT2D eigenvalue weighted by Gasteiger charge is -2.20. The second-order valence-electron chi connectivity index (χ2n) is 4.91. The number of nitrogens with one attached hydrogen (secondary N) is 1. The zero-order valence-electron chi connectivity index (χ0n) is 10.9. The Kier molecular flexibility index (Phi) is 5.75. The second kappa shape index (κ2) is 6.14. The van der Waals surface area contributed by atoms with E-state index in [1.807, 2.05) is 4.72 Å². The summed E-state index contributed by atoms with van der Waals surface area (Å²) in [4.78, 5) is 22.2. The van der Waals surface area contributed by atoms with Gasteiger partial charge in [0.2, 0.25) is 10.0 Å². The highest BCUT2D eigenvalue weighted by atomic mass is 32.2. The van der Waals surface area contributed by atoms with E-state index in [9.17, 15) is 18.0 Å². The number of hydrogen-bond acceptors (Lipinski definition) is 5. The standard InChI is InChI=1S/C10H19NO6S/c1-10(2,3)17-8(12)6-5-7(9(13)14)11-18(4,15)16/h7,11H,5-6H2,1-4H3,(H,13,14)/t7-/m0/s1. The summed E-state index contributed by atoms with van der Waals surface area (Å²) in [5.41, 5.74) is -0.653. The van der Waals surface area contributed by atoms with Crippen LogP contribution in [0.4, 0.5) is 0 Å². The fraction of sp³-hybridized carbons (Fsp3) is 0.800. The van der Waals surface area contributed by atoms with Crippen molar-refractivity contribution in [2.75, 3.05) is 6.26 Å². The van der Waals surface area contributed by atoms with Crippen molar-refractivity contribution in [1.82, 2.24) is 4.72 Å². The molecule has 18 heavy (non-hydrogen) atoms. The molecule has 0 bridgehead atoms. The largest absolute Gasteiger partial charge is 0.480 e. The Labute approximate surface area is 107 Å². The van der Waals surface area contributed by atoms with Crippen molar-refractivity contribution in [1.29, 1.82) is 0 Å². The zero-order chi connectivity index (χ0) is 14.6. The molecule has 8 heteroatoms. The van der Waals surface area contributed by atoms with Crippen LogP contribution in [0.5, 0.6) is 0 Å². The predicted octanol–water partition coefficient (Wildman–Crippen LogP) is 0.111. The molecule has 0 aromatic heterocycles. The van der Waals surface area contributed by atoms with Gasteiger partial charge in [0.25, 0.3) is 0 Å². The summed E-state index contributed by atoms with van der Waals surface area (Å²) < 4.78 is 28.8. The van der Waals surface area contributed by atoms with Gasteiger partial charge in [0, 0.05) is 6.42 Å². The minimum atomic E-state index is -3.63. The lowest BCUT2D eigenvalue weighted by atomic mass is 10.1. The molecule has 0 spiro atoms. The van der Waals surface area contributed by atoms with Crippen LogP contribution in [0.15, 0.2) is 0 Å². The van der Waals surface area contributed by atoms with E-state index in [1.165, 1.54) is 0 Å². The predicted molar refractivity (Wildman–Crippen MR) is 64.5 cm³/mol. The van der Waals surface area contributed by atoms with E-state index in [2.05, 4.69) is 0 Å². The minimum Gasteiger partial charge on any atom is -0.480 e. The van der Waals surface area contributed by atoms with Crippen molar-refractivity contribution < 1.29 is 27.9 Å². The summed E-state index contributed by atoms with van der Waals surface area (Å²) in [5.74, 6) is -1.90. The first kappa shape index (κ1) is 16.9. The molecule has 0 rings (SSSR count). The summed E-state index contributed by atoms with van der Waals surface area (Å²) in [5, 5.41) is 8.80. The van der Waals surface area contributed by atoms with Crippen molar-refractivity contribution in [3.63, 3.8) is 0 Å². The number of carbonyl (C=O) groups is 2. The van der Waals surface area contributed by atoms with Crippen molar-refractivity contribution in [2.45, 2.75) is 45.3 Å². The normalized spacial score (nSPS) is 14.0. The Balaban J connectivity index is 4.38. The van der Waals surface area contributed by atoms with Gasteiger partial charge in [-0.25, -0.2) is 13.1 Å². The molecule has 0 aliphatic rings.